The van der Waals surface area contributed by atoms with Crippen LogP contribution in [0.1, 0.15) is 31.4 Å². The molecule has 1 aliphatic carbocycles. The zero-order valence-corrected chi connectivity index (χ0v) is 13.3. The Labute approximate surface area is 127 Å². The van der Waals surface area contributed by atoms with Crippen LogP contribution in [0.4, 0.5) is 0 Å². The van der Waals surface area contributed by atoms with Crippen LogP contribution in [-0.2, 0) is 27.4 Å². The molecular weight excluding hydrogens is 266 g/mol. The largest absolute Gasteiger partial charge is 0.377 e. The lowest BCUT2D eigenvalue weighted by Gasteiger charge is -2.43. The third-order valence-corrected chi connectivity index (χ3v) is 4.04. The van der Waals surface area contributed by atoms with E-state index >= 15 is 0 Å². The molecule has 0 aromatic heterocycles. The number of benzene rings is 1. The minimum absolute atomic E-state index is 0.156. The van der Waals surface area contributed by atoms with Crippen molar-refractivity contribution in [3.63, 3.8) is 0 Å². The third-order valence-electron chi connectivity index (χ3n) is 4.04. The summed E-state index contributed by atoms with van der Waals surface area (Å²) < 4.78 is 16.7. The SMILES string of the molecule is CCOCc1ccccc1CNC1CC(OCC)C1OC. The third kappa shape index (κ3) is 4.27. The predicted molar refractivity (Wildman–Crippen MR) is 83.2 cm³/mol. The molecule has 3 atom stereocenters. The first-order valence-electron chi connectivity index (χ1n) is 7.82. The van der Waals surface area contributed by atoms with E-state index in [1.807, 2.05) is 13.8 Å². The van der Waals surface area contributed by atoms with E-state index in [1.54, 1.807) is 7.11 Å². The van der Waals surface area contributed by atoms with Gasteiger partial charge in [0, 0.05) is 32.9 Å². The standard InChI is InChI=1S/C17H27NO3/c1-4-20-12-14-9-7-6-8-13(14)11-18-15-10-16(21-5-2)17(15)19-3/h6-9,15-18H,4-5,10-12H2,1-3H3. The number of methoxy groups -OCH3 is 1. The lowest BCUT2D eigenvalue weighted by Crippen LogP contribution is -2.59. The molecule has 1 fully saturated rings. The Morgan fingerprint density at radius 3 is 2.57 bits per heavy atom. The maximum atomic E-state index is 5.66. The van der Waals surface area contributed by atoms with Crippen LogP contribution in [0, 0.1) is 0 Å². The second-order valence-electron chi connectivity index (χ2n) is 5.32. The molecular formula is C17H27NO3. The molecule has 0 radical (unpaired) electrons. The van der Waals surface area contributed by atoms with Crippen LogP contribution in [-0.4, -0.2) is 38.6 Å². The van der Waals surface area contributed by atoms with Crippen molar-refractivity contribution in [3.8, 4) is 0 Å². The molecule has 1 aliphatic rings. The highest BCUT2D eigenvalue weighted by molar-refractivity contribution is 5.26. The number of hydrogen-bond acceptors (Lipinski definition) is 4. The maximum Gasteiger partial charge on any atom is 0.0986 e. The van der Waals surface area contributed by atoms with Crippen LogP contribution >= 0.6 is 0 Å². The summed E-state index contributed by atoms with van der Waals surface area (Å²) in [5.74, 6) is 0. The quantitative estimate of drug-likeness (QED) is 0.759. The van der Waals surface area contributed by atoms with Crippen LogP contribution in [0.15, 0.2) is 24.3 Å². The van der Waals surface area contributed by atoms with Gasteiger partial charge >= 0.3 is 0 Å². The zero-order valence-electron chi connectivity index (χ0n) is 13.3. The number of nitrogens with one attached hydrogen (secondary N) is 1. The first kappa shape index (κ1) is 16.4. The van der Waals surface area contributed by atoms with E-state index in [9.17, 15) is 0 Å². The molecule has 1 aromatic carbocycles. The van der Waals surface area contributed by atoms with Crippen molar-refractivity contribution in [1.29, 1.82) is 0 Å². The van der Waals surface area contributed by atoms with Crippen LogP contribution in [0.3, 0.4) is 0 Å². The molecule has 0 heterocycles. The molecule has 118 valence electrons. The molecule has 0 aliphatic heterocycles. The molecule has 0 spiro atoms. The van der Waals surface area contributed by atoms with Crippen molar-refractivity contribution in [2.75, 3.05) is 20.3 Å². The number of hydrogen-bond donors (Lipinski definition) is 1. The zero-order chi connectivity index (χ0) is 15.1. The van der Waals surface area contributed by atoms with Crippen molar-refractivity contribution < 1.29 is 14.2 Å². The molecule has 3 unspecified atom stereocenters. The predicted octanol–water partition coefficient (Wildman–Crippen LogP) is 2.51. The monoisotopic (exact) mass is 293 g/mol. The van der Waals surface area contributed by atoms with Gasteiger partial charge in [0.1, 0.15) is 0 Å². The summed E-state index contributed by atoms with van der Waals surface area (Å²) in [4.78, 5) is 0. The Morgan fingerprint density at radius 1 is 1.14 bits per heavy atom. The molecule has 2 rings (SSSR count). The van der Waals surface area contributed by atoms with E-state index in [0.29, 0.717) is 12.6 Å². The van der Waals surface area contributed by atoms with Gasteiger partial charge in [-0.05, 0) is 31.4 Å². The van der Waals surface area contributed by atoms with Gasteiger partial charge < -0.3 is 19.5 Å². The first-order chi connectivity index (χ1) is 10.3. The smallest absolute Gasteiger partial charge is 0.0986 e. The summed E-state index contributed by atoms with van der Waals surface area (Å²) in [6.07, 6.45) is 1.40. The van der Waals surface area contributed by atoms with Crippen LogP contribution in [0.2, 0.25) is 0 Å². The van der Waals surface area contributed by atoms with E-state index in [-0.39, 0.29) is 12.2 Å². The topological polar surface area (TPSA) is 39.7 Å². The highest BCUT2D eigenvalue weighted by atomic mass is 16.5. The Kier molecular flexibility index (Phi) is 6.64. The van der Waals surface area contributed by atoms with E-state index < -0.39 is 0 Å². The van der Waals surface area contributed by atoms with Crippen LogP contribution < -0.4 is 5.32 Å². The fraction of sp³-hybridized carbons (Fsp3) is 0.647. The molecule has 0 saturated heterocycles. The van der Waals surface area contributed by atoms with Crippen molar-refractivity contribution >= 4 is 0 Å². The van der Waals surface area contributed by atoms with Gasteiger partial charge in [0.25, 0.3) is 0 Å². The van der Waals surface area contributed by atoms with Crippen molar-refractivity contribution in [2.24, 2.45) is 0 Å². The second-order valence-corrected chi connectivity index (χ2v) is 5.32. The summed E-state index contributed by atoms with van der Waals surface area (Å²) in [6.45, 7) is 7.05. The molecule has 4 heteroatoms. The highest BCUT2D eigenvalue weighted by Crippen LogP contribution is 2.27. The Morgan fingerprint density at radius 2 is 1.90 bits per heavy atom. The fourth-order valence-corrected chi connectivity index (χ4v) is 2.80. The summed E-state index contributed by atoms with van der Waals surface area (Å²) in [5, 5.41) is 3.58. The molecule has 4 nitrogen and oxygen atoms in total. The molecule has 1 aromatic rings. The highest BCUT2D eigenvalue weighted by Gasteiger charge is 2.41. The summed E-state index contributed by atoms with van der Waals surface area (Å²) in [7, 11) is 1.76. The van der Waals surface area contributed by atoms with Crippen LogP contribution in [0.5, 0.6) is 0 Å². The van der Waals surface area contributed by atoms with E-state index in [0.717, 1.165) is 26.2 Å². The Balaban J connectivity index is 1.86. The molecule has 21 heavy (non-hydrogen) atoms. The minimum atomic E-state index is 0.156. The van der Waals surface area contributed by atoms with E-state index in [1.165, 1.54) is 11.1 Å². The van der Waals surface area contributed by atoms with E-state index in [2.05, 4.69) is 29.6 Å². The lowest BCUT2D eigenvalue weighted by atomic mass is 9.85. The van der Waals surface area contributed by atoms with E-state index in [4.69, 9.17) is 14.2 Å². The Hall–Kier alpha value is -0.940. The molecule has 0 amide bonds. The summed E-state index contributed by atoms with van der Waals surface area (Å²) >= 11 is 0. The van der Waals surface area contributed by atoms with Crippen molar-refractivity contribution in [2.45, 2.75) is 51.7 Å². The summed E-state index contributed by atoms with van der Waals surface area (Å²) in [5.41, 5.74) is 2.54. The first-order valence-corrected chi connectivity index (χ1v) is 7.82. The van der Waals surface area contributed by atoms with Gasteiger partial charge in [0.05, 0.1) is 18.8 Å². The maximum absolute atomic E-state index is 5.66. The average molecular weight is 293 g/mol. The Bertz CT molecular complexity index is 424. The number of ether oxygens (including phenoxy) is 3. The molecule has 1 N–H and O–H groups in total. The number of rotatable bonds is 9. The fourth-order valence-electron chi connectivity index (χ4n) is 2.80. The van der Waals surface area contributed by atoms with Crippen molar-refractivity contribution in [3.05, 3.63) is 35.4 Å². The lowest BCUT2D eigenvalue weighted by molar-refractivity contribution is -0.131. The van der Waals surface area contributed by atoms with Gasteiger partial charge in [-0.2, -0.15) is 0 Å². The molecule has 1 saturated carbocycles. The van der Waals surface area contributed by atoms with Crippen molar-refractivity contribution in [1.82, 2.24) is 5.32 Å². The van der Waals surface area contributed by atoms with Gasteiger partial charge in [-0.1, -0.05) is 24.3 Å². The molecule has 0 bridgehead atoms. The van der Waals surface area contributed by atoms with Gasteiger partial charge in [-0.25, -0.2) is 0 Å². The average Bonchev–Trinajstić information content (AvgIpc) is 2.49. The minimum Gasteiger partial charge on any atom is -0.377 e. The summed E-state index contributed by atoms with van der Waals surface area (Å²) in [6, 6.07) is 8.78. The van der Waals surface area contributed by atoms with Gasteiger partial charge in [0.2, 0.25) is 0 Å². The van der Waals surface area contributed by atoms with Gasteiger partial charge in [-0.15, -0.1) is 0 Å². The normalized spacial score (nSPS) is 24.8. The second kappa shape index (κ2) is 8.49. The van der Waals surface area contributed by atoms with Gasteiger partial charge in [-0.3, -0.25) is 0 Å². The van der Waals surface area contributed by atoms with Gasteiger partial charge in [0.15, 0.2) is 0 Å². The van der Waals surface area contributed by atoms with Crippen LogP contribution in [0.25, 0.3) is 0 Å².